The Morgan fingerprint density at radius 2 is 0.944 bits per heavy atom. The van der Waals surface area contributed by atoms with Gasteiger partial charge < -0.3 is 9.84 Å². The molecular formula is C16H13F17O3. The van der Waals surface area contributed by atoms with Crippen LogP contribution in [0.5, 0.6) is 0 Å². The minimum absolute atomic E-state index is 0.141. The molecule has 1 atom stereocenters. The van der Waals surface area contributed by atoms with Crippen molar-refractivity contribution in [2.24, 2.45) is 0 Å². The zero-order valence-electron chi connectivity index (χ0n) is 17.3. The number of rotatable bonds is 10. The quantitative estimate of drug-likeness (QED) is 0.170. The van der Waals surface area contributed by atoms with Gasteiger partial charge >= 0.3 is 53.6 Å². The predicted molar refractivity (Wildman–Crippen MR) is 83.9 cm³/mol. The van der Waals surface area contributed by atoms with E-state index in [0.29, 0.717) is 0 Å². The van der Waals surface area contributed by atoms with Crippen LogP contribution in [0.2, 0.25) is 0 Å². The number of hydrogen-bond donors (Lipinski definition) is 1. The van der Waals surface area contributed by atoms with Gasteiger partial charge in [-0.05, 0) is 13.8 Å². The Balaban J connectivity index is 0. The summed E-state index contributed by atoms with van der Waals surface area (Å²) < 4.78 is 224. The lowest BCUT2D eigenvalue weighted by Gasteiger charge is -2.43. The van der Waals surface area contributed by atoms with E-state index >= 15 is 0 Å². The molecule has 214 valence electrons. The van der Waals surface area contributed by atoms with Crippen molar-refractivity contribution >= 4 is 5.97 Å². The average molecular weight is 576 g/mol. The molecule has 0 rings (SSSR count). The van der Waals surface area contributed by atoms with Crippen molar-refractivity contribution in [1.82, 2.24) is 0 Å². The molecule has 0 saturated carbocycles. The number of hydrogen-bond acceptors (Lipinski definition) is 2. The van der Waals surface area contributed by atoms with Crippen molar-refractivity contribution in [3.05, 3.63) is 25.0 Å². The Bertz CT molecular complexity index is 801. The summed E-state index contributed by atoms with van der Waals surface area (Å²) in [4.78, 5) is 9.60. The molecule has 0 saturated heterocycles. The van der Waals surface area contributed by atoms with Crippen molar-refractivity contribution in [2.45, 2.75) is 67.6 Å². The summed E-state index contributed by atoms with van der Waals surface area (Å²) >= 11 is 0. The highest BCUT2D eigenvalue weighted by molar-refractivity contribution is 5.84. The van der Waals surface area contributed by atoms with Crippen LogP contribution in [0.15, 0.2) is 25.0 Å². The average Bonchev–Trinajstić information content (AvgIpc) is 2.66. The summed E-state index contributed by atoms with van der Waals surface area (Å²) in [6, 6.07) is 0. The summed E-state index contributed by atoms with van der Waals surface area (Å²) in [6.45, 7) is 6.86. The summed E-state index contributed by atoms with van der Waals surface area (Å²) in [7, 11) is 0. The highest BCUT2D eigenvalue weighted by atomic mass is 19.4. The van der Waals surface area contributed by atoms with Crippen LogP contribution in [0.4, 0.5) is 74.6 Å². The first-order valence-electron chi connectivity index (χ1n) is 8.24. The minimum atomic E-state index is -8.63. The van der Waals surface area contributed by atoms with Crippen molar-refractivity contribution in [2.75, 3.05) is 0 Å². The van der Waals surface area contributed by atoms with Gasteiger partial charge in [-0.1, -0.05) is 13.2 Å². The molecule has 0 radical (unpaired) electrons. The fourth-order valence-corrected chi connectivity index (χ4v) is 1.66. The van der Waals surface area contributed by atoms with E-state index in [1.807, 2.05) is 0 Å². The van der Waals surface area contributed by atoms with Crippen LogP contribution in [-0.4, -0.2) is 64.8 Å². The summed E-state index contributed by atoms with van der Waals surface area (Å²) in [5, 5.41) is 7.89. The zero-order chi connectivity index (χ0) is 30.1. The molecule has 0 aromatic heterocycles. The van der Waals surface area contributed by atoms with E-state index in [1.54, 1.807) is 0 Å². The smallest absolute Gasteiger partial charge is 0.460 e. The van der Waals surface area contributed by atoms with Gasteiger partial charge in [-0.3, -0.25) is 0 Å². The molecule has 0 spiro atoms. The fourth-order valence-electron chi connectivity index (χ4n) is 1.66. The van der Waals surface area contributed by atoms with E-state index in [-0.39, 0.29) is 18.8 Å². The Hall–Kier alpha value is -2.44. The topological polar surface area (TPSA) is 46.5 Å². The number of aliphatic carboxylic acids is 1. The molecule has 20 heteroatoms. The predicted octanol–water partition coefficient (Wildman–Crippen LogP) is 7.19. The standard InChI is InChI=1S/C12H7F17O.C4H6O2/c1-3-30-4(2)5(13,14)6(15,16)7(17,18)8(19,20)9(21,22)10(23,24)11(25,26)12(27,28)29;1-3(2)4(5)6/h3-4H,1H2,2H3;1H2,2H3,(H,5,6). The number of alkyl halides is 17. The molecule has 1 unspecified atom stereocenters. The van der Waals surface area contributed by atoms with Crippen LogP contribution in [0.3, 0.4) is 0 Å². The van der Waals surface area contributed by atoms with E-state index in [1.165, 1.54) is 6.92 Å². The highest BCUT2D eigenvalue weighted by Gasteiger charge is 2.95. The third-order valence-electron chi connectivity index (χ3n) is 3.92. The van der Waals surface area contributed by atoms with Gasteiger partial charge in [0, 0.05) is 5.57 Å². The molecule has 0 aromatic rings. The fraction of sp³-hybridized carbons (Fsp3) is 0.688. The van der Waals surface area contributed by atoms with Crippen molar-refractivity contribution in [1.29, 1.82) is 0 Å². The Morgan fingerprint density at radius 3 is 1.17 bits per heavy atom. The molecule has 0 aliphatic rings. The van der Waals surface area contributed by atoms with E-state index in [2.05, 4.69) is 17.9 Å². The molecular weight excluding hydrogens is 563 g/mol. The van der Waals surface area contributed by atoms with Gasteiger partial charge in [-0.2, -0.15) is 74.6 Å². The Morgan fingerprint density at radius 1 is 0.694 bits per heavy atom. The van der Waals surface area contributed by atoms with Crippen LogP contribution in [0.1, 0.15) is 13.8 Å². The van der Waals surface area contributed by atoms with E-state index in [9.17, 15) is 79.4 Å². The maximum Gasteiger partial charge on any atom is 0.460 e. The molecule has 0 amide bonds. The van der Waals surface area contributed by atoms with Gasteiger partial charge in [-0.15, -0.1) is 0 Å². The van der Waals surface area contributed by atoms with Crippen molar-refractivity contribution in [3.63, 3.8) is 0 Å². The zero-order valence-corrected chi connectivity index (χ0v) is 17.3. The van der Waals surface area contributed by atoms with Gasteiger partial charge in [0.05, 0.1) is 6.26 Å². The number of carbonyl (C=O) groups is 1. The van der Waals surface area contributed by atoms with Crippen molar-refractivity contribution in [3.8, 4) is 0 Å². The Kier molecular flexibility index (Phi) is 10.1. The lowest BCUT2D eigenvalue weighted by atomic mass is 9.88. The monoisotopic (exact) mass is 576 g/mol. The molecule has 0 aromatic carbocycles. The lowest BCUT2D eigenvalue weighted by Crippen LogP contribution is -2.75. The lowest BCUT2D eigenvalue weighted by molar-refractivity contribution is -0.463. The highest BCUT2D eigenvalue weighted by Crippen LogP contribution is 2.64. The molecule has 0 bridgehead atoms. The third-order valence-corrected chi connectivity index (χ3v) is 3.92. The number of carboxylic acid groups (broad SMARTS) is 1. The van der Waals surface area contributed by atoms with E-state index in [4.69, 9.17) is 5.11 Å². The second kappa shape index (κ2) is 10.1. The third kappa shape index (κ3) is 5.45. The first kappa shape index (κ1) is 35.7. The van der Waals surface area contributed by atoms with Crippen molar-refractivity contribution < 1.29 is 89.3 Å². The minimum Gasteiger partial charge on any atom is -0.492 e. The van der Waals surface area contributed by atoms with Gasteiger partial charge in [0.1, 0.15) is 0 Å². The second-order valence-electron chi connectivity index (χ2n) is 6.60. The molecule has 1 N–H and O–H groups in total. The normalized spacial score (nSPS) is 15.4. The number of carboxylic acids is 1. The van der Waals surface area contributed by atoms with Crippen LogP contribution in [-0.2, 0) is 9.53 Å². The van der Waals surface area contributed by atoms with Crippen LogP contribution >= 0.6 is 0 Å². The summed E-state index contributed by atoms with van der Waals surface area (Å²) in [5.74, 6) is -57.5. The van der Waals surface area contributed by atoms with Crippen LogP contribution < -0.4 is 0 Å². The van der Waals surface area contributed by atoms with Gasteiger partial charge in [0.25, 0.3) is 0 Å². The number of halogens is 17. The van der Waals surface area contributed by atoms with Gasteiger partial charge in [0.15, 0.2) is 6.10 Å². The number of ether oxygens (including phenoxy) is 1. The van der Waals surface area contributed by atoms with E-state index < -0.39 is 59.7 Å². The maximum atomic E-state index is 13.4. The van der Waals surface area contributed by atoms with E-state index in [0.717, 1.165) is 0 Å². The molecule has 0 fully saturated rings. The van der Waals surface area contributed by atoms with Gasteiger partial charge in [-0.25, -0.2) is 4.79 Å². The second-order valence-corrected chi connectivity index (χ2v) is 6.60. The largest absolute Gasteiger partial charge is 0.492 e. The first-order valence-corrected chi connectivity index (χ1v) is 8.24. The van der Waals surface area contributed by atoms with Crippen LogP contribution in [0, 0.1) is 0 Å². The Labute approximate surface area is 189 Å². The van der Waals surface area contributed by atoms with Crippen LogP contribution in [0.25, 0.3) is 0 Å². The van der Waals surface area contributed by atoms with Gasteiger partial charge in [0.2, 0.25) is 0 Å². The first-order chi connectivity index (χ1) is 15.4. The summed E-state index contributed by atoms with van der Waals surface area (Å²) in [6.07, 6.45) is -11.5. The summed E-state index contributed by atoms with van der Waals surface area (Å²) in [5.41, 5.74) is 0.176. The molecule has 0 aliphatic heterocycles. The SMILES string of the molecule is C=C(C)C(=O)O.C=COC(C)C(F)(F)C(F)(F)C(F)(F)C(F)(F)C(F)(F)C(F)(F)C(F)(F)C(F)(F)F. The molecule has 0 heterocycles. The maximum absolute atomic E-state index is 13.4. The molecule has 0 aliphatic carbocycles. The molecule has 36 heavy (non-hydrogen) atoms. The molecule has 3 nitrogen and oxygen atoms in total.